The van der Waals surface area contributed by atoms with Crippen molar-refractivity contribution in [2.24, 2.45) is 9.98 Å². The number of para-hydroxylation sites is 2. The molecule has 0 radical (unpaired) electrons. The van der Waals surface area contributed by atoms with Crippen LogP contribution in [0.3, 0.4) is 0 Å². The van der Waals surface area contributed by atoms with E-state index in [1.807, 2.05) is 36.4 Å². The predicted molar refractivity (Wildman–Crippen MR) is 143 cm³/mol. The molecule has 0 spiro atoms. The van der Waals surface area contributed by atoms with E-state index in [1.54, 1.807) is 0 Å². The maximum atomic E-state index is 4.99. The smallest absolute Gasteiger partial charge is 0.0848 e. The third-order valence-corrected chi connectivity index (χ3v) is 5.59. The monoisotopic (exact) mass is 430 g/mol. The third-order valence-electron chi connectivity index (χ3n) is 5.59. The molecular formula is C30H42N2. The molecule has 0 unspecified atom stereocenters. The fraction of sp³-hybridized carbons (Fsp3) is 0.467. The van der Waals surface area contributed by atoms with Crippen molar-refractivity contribution in [1.82, 2.24) is 0 Å². The summed E-state index contributed by atoms with van der Waals surface area (Å²) in [6.45, 7) is 4.51. The van der Waals surface area contributed by atoms with Gasteiger partial charge in [-0.05, 0) is 56.0 Å². The van der Waals surface area contributed by atoms with Gasteiger partial charge in [-0.1, -0.05) is 108 Å². The van der Waals surface area contributed by atoms with Crippen LogP contribution in [0.15, 0.2) is 82.8 Å². The van der Waals surface area contributed by atoms with Crippen LogP contribution in [0.4, 0.5) is 11.4 Å². The maximum absolute atomic E-state index is 4.99. The number of aliphatic imine (C=N–C) groups is 2. The first-order valence-corrected chi connectivity index (χ1v) is 12.8. The lowest BCUT2D eigenvalue weighted by molar-refractivity contribution is 0.577. The molecule has 0 saturated carbocycles. The van der Waals surface area contributed by atoms with Gasteiger partial charge in [0.25, 0.3) is 0 Å². The molecule has 0 aliphatic rings. The number of allylic oxidation sites excluding steroid dienone is 2. The highest BCUT2D eigenvalue weighted by Gasteiger charge is 2.07. The number of nitrogens with zero attached hydrogens (tertiary/aromatic N) is 2. The largest absolute Gasteiger partial charge is 0.251 e. The van der Waals surface area contributed by atoms with Crippen LogP contribution in [0.5, 0.6) is 0 Å². The highest BCUT2D eigenvalue weighted by molar-refractivity contribution is 6.47. The van der Waals surface area contributed by atoms with Gasteiger partial charge in [0.15, 0.2) is 0 Å². The normalized spacial score (nSPS) is 12.6. The Hall–Kier alpha value is -2.48. The Labute approximate surface area is 196 Å². The highest BCUT2D eigenvalue weighted by atomic mass is 14.8. The van der Waals surface area contributed by atoms with Gasteiger partial charge in [-0.3, -0.25) is 4.99 Å². The van der Waals surface area contributed by atoms with Gasteiger partial charge < -0.3 is 0 Å². The Morgan fingerprint density at radius 2 is 1.16 bits per heavy atom. The van der Waals surface area contributed by atoms with Gasteiger partial charge in [-0.15, -0.1) is 0 Å². The lowest BCUT2D eigenvalue weighted by atomic mass is 10.1. The summed E-state index contributed by atoms with van der Waals surface area (Å²) in [7, 11) is 0. The molecule has 0 amide bonds. The first-order valence-electron chi connectivity index (χ1n) is 12.8. The quantitative estimate of drug-likeness (QED) is 0.187. The minimum absolute atomic E-state index is 0.944. The topological polar surface area (TPSA) is 24.7 Å². The summed E-state index contributed by atoms with van der Waals surface area (Å²) in [6, 6.07) is 20.5. The average Bonchev–Trinajstić information content (AvgIpc) is 2.83. The number of benzene rings is 2. The van der Waals surface area contributed by atoms with Crippen molar-refractivity contribution in [3.63, 3.8) is 0 Å². The molecule has 0 saturated heterocycles. The lowest BCUT2D eigenvalue weighted by Gasteiger charge is -2.08. The zero-order chi connectivity index (χ0) is 22.7. The molecule has 32 heavy (non-hydrogen) atoms. The van der Waals surface area contributed by atoms with E-state index in [0.717, 1.165) is 48.5 Å². The molecule has 2 aromatic carbocycles. The van der Waals surface area contributed by atoms with Gasteiger partial charge in [0, 0.05) is 0 Å². The van der Waals surface area contributed by atoms with Gasteiger partial charge in [0.05, 0.1) is 22.8 Å². The molecule has 172 valence electrons. The molecule has 0 fully saturated rings. The van der Waals surface area contributed by atoms with Gasteiger partial charge in [0.2, 0.25) is 0 Å². The molecule has 0 aliphatic carbocycles. The summed E-state index contributed by atoms with van der Waals surface area (Å²) < 4.78 is 0. The van der Waals surface area contributed by atoms with E-state index in [0.29, 0.717) is 0 Å². The summed E-state index contributed by atoms with van der Waals surface area (Å²) in [5, 5.41) is 0. The second-order valence-corrected chi connectivity index (χ2v) is 8.50. The van der Waals surface area contributed by atoms with E-state index >= 15 is 0 Å². The fourth-order valence-electron chi connectivity index (χ4n) is 3.67. The summed E-state index contributed by atoms with van der Waals surface area (Å²) >= 11 is 0. The number of hydrogen-bond acceptors (Lipinski definition) is 2. The molecule has 0 bridgehead atoms. The van der Waals surface area contributed by atoms with Crippen LogP contribution < -0.4 is 0 Å². The van der Waals surface area contributed by atoms with Crippen molar-refractivity contribution in [3.05, 3.63) is 72.8 Å². The number of rotatable bonds is 16. The zero-order valence-electron chi connectivity index (χ0n) is 20.3. The summed E-state index contributed by atoms with van der Waals surface area (Å²) in [5.41, 5.74) is 4.05. The van der Waals surface area contributed by atoms with E-state index in [2.05, 4.69) is 50.3 Å². The van der Waals surface area contributed by atoms with Crippen molar-refractivity contribution >= 4 is 22.8 Å². The van der Waals surface area contributed by atoms with Gasteiger partial charge in [0.1, 0.15) is 0 Å². The molecule has 2 nitrogen and oxygen atoms in total. The van der Waals surface area contributed by atoms with Crippen LogP contribution in [0.1, 0.15) is 90.9 Å². The van der Waals surface area contributed by atoms with Crippen LogP contribution in [0.25, 0.3) is 0 Å². The van der Waals surface area contributed by atoms with Crippen LogP contribution >= 0.6 is 0 Å². The maximum Gasteiger partial charge on any atom is 0.0848 e. The summed E-state index contributed by atoms with van der Waals surface area (Å²) in [6.07, 6.45) is 19.6. The van der Waals surface area contributed by atoms with Crippen LogP contribution in [0, 0.1) is 0 Å². The average molecular weight is 431 g/mol. The SMILES string of the molecule is CCCCCCCCCCC=CC(=Nc1ccccc1)C(CCCC)=Nc1ccccc1. The molecule has 0 aliphatic heterocycles. The van der Waals surface area contributed by atoms with Gasteiger partial charge in [-0.2, -0.15) is 0 Å². The van der Waals surface area contributed by atoms with Crippen molar-refractivity contribution < 1.29 is 0 Å². The van der Waals surface area contributed by atoms with Crippen molar-refractivity contribution in [2.75, 3.05) is 0 Å². The summed E-state index contributed by atoms with van der Waals surface area (Å²) in [4.78, 5) is 9.97. The summed E-state index contributed by atoms with van der Waals surface area (Å²) in [5.74, 6) is 0. The second kappa shape index (κ2) is 17.1. The van der Waals surface area contributed by atoms with E-state index < -0.39 is 0 Å². The Morgan fingerprint density at radius 3 is 1.75 bits per heavy atom. The Bertz CT molecular complexity index is 803. The molecule has 0 aromatic heterocycles. The first kappa shape index (κ1) is 25.8. The minimum Gasteiger partial charge on any atom is -0.251 e. The van der Waals surface area contributed by atoms with Crippen molar-refractivity contribution in [3.8, 4) is 0 Å². The molecule has 2 rings (SSSR count). The fourth-order valence-corrected chi connectivity index (χ4v) is 3.67. The predicted octanol–water partition coefficient (Wildman–Crippen LogP) is 9.81. The van der Waals surface area contributed by atoms with Crippen LogP contribution in [-0.4, -0.2) is 11.4 Å². The Morgan fingerprint density at radius 1 is 0.625 bits per heavy atom. The van der Waals surface area contributed by atoms with E-state index in [9.17, 15) is 0 Å². The van der Waals surface area contributed by atoms with E-state index in [-0.39, 0.29) is 0 Å². The van der Waals surface area contributed by atoms with E-state index in [4.69, 9.17) is 9.98 Å². The Balaban J connectivity index is 2.05. The molecule has 0 heterocycles. The molecule has 0 N–H and O–H groups in total. The number of unbranched alkanes of at least 4 members (excludes halogenated alkanes) is 9. The van der Waals surface area contributed by atoms with Gasteiger partial charge in [-0.25, -0.2) is 4.99 Å². The van der Waals surface area contributed by atoms with Crippen molar-refractivity contribution in [2.45, 2.75) is 90.9 Å². The molecule has 2 aromatic rings. The second-order valence-electron chi connectivity index (χ2n) is 8.50. The minimum atomic E-state index is 0.944. The third kappa shape index (κ3) is 11.2. The first-order chi connectivity index (χ1) is 15.8. The standard InChI is InChI=1S/C30H42N2/c1-3-5-7-8-9-10-11-12-13-20-26-30(32-28-23-18-15-19-24-28)29(25-6-4-2)31-27-21-16-14-17-22-27/h14-24,26H,3-13,25H2,1-2H3. The lowest BCUT2D eigenvalue weighted by Crippen LogP contribution is -2.11. The van der Waals surface area contributed by atoms with Crippen LogP contribution in [-0.2, 0) is 0 Å². The number of hydrogen-bond donors (Lipinski definition) is 0. The van der Waals surface area contributed by atoms with Gasteiger partial charge >= 0.3 is 0 Å². The van der Waals surface area contributed by atoms with E-state index in [1.165, 1.54) is 51.4 Å². The highest BCUT2D eigenvalue weighted by Crippen LogP contribution is 2.17. The molecular weight excluding hydrogens is 388 g/mol. The molecule has 0 atom stereocenters. The molecule has 2 heteroatoms. The zero-order valence-corrected chi connectivity index (χ0v) is 20.3. The Kier molecular flexibility index (Phi) is 13.8. The van der Waals surface area contributed by atoms with Crippen molar-refractivity contribution in [1.29, 1.82) is 0 Å². The van der Waals surface area contributed by atoms with Crippen LogP contribution in [0.2, 0.25) is 0 Å².